The van der Waals surface area contributed by atoms with Crippen molar-refractivity contribution in [2.24, 2.45) is 0 Å². The van der Waals surface area contributed by atoms with Crippen molar-refractivity contribution < 1.29 is 0 Å². The molecule has 0 radical (unpaired) electrons. The molecule has 3 heterocycles. The van der Waals surface area contributed by atoms with Crippen LogP contribution in [-0.2, 0) is 25.8 Å². The van der Waals surface area contributed by atoms with E-state index in [-0.39, 0.29) is 0 Å². The molecule has 0 aromatic carbocycles. The Kier molecular flexibility index (Phi) is 4.02. The van der Waals surface area contributed by atoms with Crippen LogP contribution in [0.1, 0.15) is 41.8 Å². The van der Waals surface area contributed by atoms with Crippen LogP contribution in [0.3, 0.4) is 0 Å². The van der Waals surface area contributed by atoms with E-state index in [0.29, 0.717) is 0 Å². The molecule has 0 saturated carbocycles. The van der Waals surface area contributed by atoms with Crippen LogP contribution in [0.4, 0.5) is 0 Å². The van der Waals surface area contributed by atoms with Gasteiger partial charge in [0.15, 0.2) is 0 Å². The second kappa shape index (κ2) is 6.09. The Morgan fingerprint density at radius 1 is 1.25 bits per heavy atom. The van der Waals surface area contributed by atoms with Gasteiger partial charge in [0.25, 0.3) is 0 Å². The molecule has 0 spiro atoms. The lowest BCUT2D eigenvalue weighted by Gasteiger charge is -2.20. The Morgan fingerprint density at radius 3 is 3.00 bits per heavy atom. The summed E-state index contributed by atoms with van der Waals surface area (Å²) in [7, 11) is 0. The number of fused-ring (bicyclic) bond motifs is 1. The second-order valence-electron chi connectivity index (χ2n) is 5.19. The van der Waals surface area contributed by atoms with Crippen LogP contribution in [0.2, 0.25) is 0 Å². The van der Waals surface area contributed by atoms with Gasteiger partial charge in [0.1, 0.15) is 5.82 Å². The lowest BCUT2D eigenvalue weighted by Crippen LogP contribution is -2.27. The molecular weight excluding hydrogens is 248 g/mol. The first-order valence-electron chi connectivity index (χ1n) is 7.35. The summed E-state index contributed by atoms with van der Waals surface area (Å²) in [4.78, 5) is 13.9. The molecule has 0 atom stereocenters. The number of pyridine rings is 1. The van der Waals surface area contributed by atoms with E-state index in [1.165, 1.54) is 17.0 Å². The van der Waals surface area contributed by atoms with E-state index >= 15 is 0 Å². The Hall–Kier alpha value is -1.81. The summed E-state index contributed by atoms with van der Waals surface area (Å²) in [6.45, 7) is 4.12. The molecular formula is C16H20N4. The normalized spacial score (nSPS) is 14.1. The number of rotatable bonds is 4. The molecule has 1 aliphatic rings. The van der Waals surface area contributed by atoms with E-state index in [1.807, 2.05) is 24.4 Å². The van der Waals surface area contributed by atoms with E-state index in [9.17, 15) is 0 Å². The zero-order valence-electron chi connectivity index (χ0n) is 11.9. The number of nitrogens with one attached hydrogen (secondary N) is 1. The van der Waals surface area contributed by atoms with Crippen LogP contribution < -0.4 is 5.32 Å². The third-order valence-electron chi connectivity index (χ3n) is 3.62. The van der Waals surface area contributed by atoms with Gasteiger partial charge in [-0.1, -0.05) is 19.4 Å². The molecule has 3 rings (SSSR count). The summed E-state index contributed by atoms with van der Waals surface area (Å²) in [5.41, 5.74) is 4.80. The molecule has 0 fully saturated rings. The van der Waals surface area contributed by atoms with Crippen molar-refractivity contribution in [3.05, 3.63) is 52.9 Å². The fraction of sp³-hybridized carbons (Fsp3) is 0.438. The van der Waals surface area contributed by atoms with E-state index in [2.05, 4.69) is 17.2 Å². The molecule has 104 valence electrons. The predicted octanol–water partition coefficient (Wildman–Crippen LogP) is 2.06. The first-order valence-corrected chi connectivity index (χ1v) is 7.35. The van der Waals surface area contributed by atoms with E-state index in [1.54, 1.807) is 0 Å². The molecule has 1 N–H and O–H groups in total. The summed E-state index contributed by atoms with van der Waals surface area (Å²) in [5, 5.41) is 3.42. The van der Waals surface area contributed by atoms with Crippen LogP contribution in [0.25, 0.3) is 0 Å². The van der Waals surface area contributed by atoms with Gasteiger partial charge in [-0.3, -0.25) is 4.98 Å². The van der Waals surface area contributed by atoms with Gasteiger partial charge >= 0.3 is 0 Å². The van der Waals surface area contributed by atoms with Gasteiger partial charge in [0.05, 0.1) is 12.1 Å². The molecule has 0 bridgehead atoms. The summed E-state index contributed by atoms with van der Waals surface area (Å²) < 4.78 is 0. The van der Waals surface area contributed by atoms with Crippen LogP contribution in [0.15, 0.2) is 24.4 Å². The van der Waals surface area contributed by atoms with Gasteiger partial charge in [0.2, 0.25) is 0 Å². The third kappa shape index (κ3) is 2.85. The van der Waals surface area contributed by atoms with Gasteiger partial charge in [0, 0.05) is 42.7 Å². The molecule has 0 aliphatic carbocycles. The molecule has 20 heavy (non-hydrogen) atoms. The van der Waals surface area contributed by atoms with Gasteiger partial charge in [-0.05, 0) is 18.6 Å². The maximum Gasteiger partial charge on any atom is 0.134 e. The highest BCUT2D eigenvalue weighted by molar-refractivity contribution is 5.29. The van der Waals surface area contributed by atoms with Crippen molar-refractivity contribution in [1.29, 1.82) is 0 Å². The minimum atomic E-state index is 0.720. The van der Waals surface area contributed by atoms with Crippen molar-refractivity contribution in [3.63, 3.8) is 0 Å². The highest BCUT2D eigenvalue weighted by Crippen LogP contribution is 2.18. The molecule has 2 aromatic rings. The average Bonchev–Trinajstić information content (AvgIpc) is 2.49. The molecule has 0 amide bonds. The van der Waals surface area contributed by atoms with Crippen molar-refractivity contribution in [1.82, 2.24) is 20.3 Å². The number of nitrogens with zero attached hydrogens (tertiary/aromatic N) is 3. The molecule has 0 saturated heterocycles. The fourth-order valence-electron chi connectivity index (χ4n) is 2.66. The standard InChI is InChI=1S/C16H20N4/c1-2-5-14-13-11-17-9-7-15(13)20-16(19-14)10-12-6-3-4-8-18-12/h3-4,6,8,17H,2,5,7,9-11H2,1H3. The fourth-order valence-corrected chi connectivity index (χ4v) is 2.66. The Morgan fingerprint density at radius 2 is 2.20 bits per heavy atom. The van der Waals surface area contributed by atoms with Crippen molar-refractivity contribution >= 4 is 0 Å². The highest BCUT2D eigenvalue weighted by Gasteiger charge is 2.17. The molecule has 1 aliphatic heterocycles. The Labute approximate surface area is 119 Å². The Balaban J connectivity index is 1.93. The largest absolute Gasteiger partial charge is 0.312 e. The molecule has 2 aromatic heterocycles. The maximum absolute atomic E-state index is 4.78. The summed E-state index contributed by atoms with van der Waals surface area (Å²) in [6.07, 6.45) is 5.70. The minimum absolute atomic E-state index is 0.720. The van der Waals surface area contributed by atoms with Crippen LogP contribution >= 0.6 is 0 Å². The summed E-state index contributed by atoms with van der Waals surface area (Å²) in [6, 6.07) is 5.98. The minimum Gasteiger partial charge on any atom is -0.312 e. The van der Waals surface area contributed by atoms with E-state index < -0.39 is 0 Å². The van der Waals surface area contributed by atoms with Crippen molar-refractivity contribution in [2.45, 2.75) is 39.2 Å². The average molecular weight is 268 g/mol. The monoisotopic (exact) mass is 268 g/mol. The summed E-state index contributed by atoms with van der Waals surface area (Å²) >= 11 is 0. The Bertz CT molecular complexity index is 581. The highest BCUT2D eigenvalue weighted by atomic mass is 15.0. The second-order valence-corrected chi connectivity index (χ2v) is 5.19. The topological polar surface area (TPSA) is 50.7 Å². The lowest BCUT2D eigenvalue weighted by atomic mass is 10.0. The number of hydrogen-bond acceptors (Lipinski definition) is 4. The summed E-state index contributed by atoms with van der Waals surface area (Å²) in [5.74, 6) is 0.910. The van der Waals surface area contributed by atoms with E-state index in [0.717, 1.165) is 50.3 Å². The predicted molar refractivity (Wildman–Crippen MR) is 78.5 cm³/mol. The van der Waals surface area contributed by atoms with Crippen molar-refractivity contribution in [3.8, 4) is 0 Å². The first kappa shape index (κ1) is 13.2. The van der Waals surface area contributed by atoms with Gasteiger partial charge in [-0.2, -0.15) is 0 Å². The first-order chi connectivity index (χ1) is 9.86. The maximum atomic E-state index is 4.78. The van der Waals surface area contributed by atoms with Gasteiger partial charge in [-0.15, -0.1) is 0 Å². The third-order valence-corrected chi connectivity index (χ3v) is 3.62. The zero-order chi connectivity index (χ0) is 13.8. The van der Waals surface area contributed by atoms with E-state index in [4.69, 9.17) is 9.97 Å². The SMILES string of the molecule is CCCc1nc(Cc2ccccn2)nc2c1CNCC2. The molecule has 0 unspecified atom stereocenters. The van der Waals surface area contributed by atoms with Crippen LogP contribution in [0, 0.1) is 0 Å². The van der Waals surface area contributed by atoms with Crippen LogP contribution in [0.5, 0.6) is 0 Å². The van der Waals surface area contributed by atoms with Gasteiger partial charge < -0.3 is 5.32 Å². The smallest absolute Gasteiger partial charge is 0.134 e. The molecule has 4 heteroatoms. The zero-order valence-corrected chi connectivity index (χ0v) is 11.9. The van der Waals surface area contributed by atoms with Crippen molar-refractivity contribution in [2.75, 3.05) is 6.54 Å². The quantitative estimate of drug-likeness (QED) is 0.922. The number of hydrogen-bond donors (Lipinski definition) is 1. The van der Waals surface area contributed by atoms with Crippen LogP contribution in [-0.4, -0.2) is 21.5 Å². The number of aryl methyl sites for hydroxylation is 1. The van der Waals surface area contributed by atoms with Gasteiger partial charge in [-0.25, -0.2) is 9.97 Å². The molecule has 4 nitrogen and oxygen atoms in total. The lowest BCUT2D eigenvalue weighted by molar-refractivity contribution is 0.608. The number of aromatic nitrogens is 3.